The molecule has 0 spiro atoms. The summed E-state index contributed by atoms with van der Waals surface area (Å²) in [6.45, 7) is 4.60. The number of rotatable bonds is 5. The number of benzene rings is 1. The van der Waals surface area contributed by atoms with E-state index in [0.29, 0.717) is 49.3 Å². The molecule has 1 aliphatic rings. The molecule has 1 aromatic carbocycles. The van der Waals surface area contributed by atoms with E-state index in [1.165, 1.54) is 15.9 Å². The number of fused-ring (bicyclic) bond motifs is 1. The molecule has 0 bridgehead atoms. The summed E-state index contributed by atoms with van der Waals surface area (Å²) in [4.78, 5) is 22.0. The number of ether oxygens (including phenoxy) is 1. The maximum absolute atomic E-state index is 12.1. The van der Waals surface area contributed by atoms with Crippen LogP contribution >= 0.6 is 11.3 Å². The van der Waals surface area contributed by atoms with Crippen molar-refractivity contribution in [2.45, 2.75) is 13.0 Å². The molecular weight excluding hydrogens is 430 g/mol. The van der Waals surface area contributed by atoms with Gasteiger partial charge in [-0.15, -0.1) is 5.10 Å². The van der Waals surface area contributed by atoms with Gasteiger partial charge >= 0.3 is 6.09 Å². The van der Waals surface area contributed by atoms with Gasteiger partial charge in [0.15, 0.2) is 5.76 Å². The fourth-order valence-corrected chi connectivity index (χ4v) is 5.10. The van der Waals surface area contributed by atoms with Gasteiger partial charge in [0.2, 0.25) is 16.7 Å². The summed E-state index contributed by atoms with van der Waals surface area (Å²) in [5, 5.41) is 15.5. The molecule has 9 nitrogen and oxygen atoms in total. The number of furan rings is 1. The molecule has 1 aliphatic heterocycles. The minimum Gasteiger partial charge on any atom is -0.492 e. The van der Waals surface area contributed by atoms with Crippen LogP contribution in [0.15, 0.2) is 53.1 Å². The normalized spacial score (nSPS) is 15.8. The van der Waals surface area contributed by atoms with Gasteiger partial charge < -0.3 is 19.2 Å². The van der Waals surface area contributed by atoms with E-state index in [1.54, 1.807) is 30.2 Å². The quantitative estimate of drug-likeness (QED) is 0.493. The van der Waals surface area contributed by atoms with Crippen molar-refractivity contribution in [3.63, 3.8) is 0 Å². The van der Waals surface area contributed by atoms with Gasteiger partial charge in [-0.1, -0.05) is 41.7 Å². The fourth-order valence-electron chi connectivity index (χ4n) is 3.98. The number of aromatic nitrogens is 3. The van der Waals surface area contributed by atoms with Crippen LogP contribution in [0.5, 0.6) is 5.88 Å². The standard InChI is InChI=1S/C22H23N5O4S/c1-2-30-22(29)26-12-10-25(11-13-26)17(15-7-4-3-5-8-15)18-20(28)27-21(32-18)23-19(24-27)16-9-6-14-31-16/h3-9,14,17,28H,2,10-13H2,1H3/t17-/m1/s1. The summed E-state index contributed by atoms with van der Waals surface area (Å²) in [5.41, 5.74) is 1.06. The highest BCUT2D eigenvalue weighted by molar-refractivity contribution is 7.17. The first-order valence-corrected chi connectivity index (χ1v) is 11.3. The molecule has 1 N–H and O–H groups in total. The molecular formula is C22H23N5O4S. The van der Waals surface area contributed by atoms with Crippen molar-refractivity contribution < 1.29 is 19.1 Å². The summed E-state index contributed by atoms with van der Waals surface area (Å²) in [7, 11) is 0. The van der Waals surface area contributed by atoms with Gasteiger partial charge in [0, 0.05) is 26.2 Å². The Kier molecular flexibility index (Phi) is 5.54. The topological polar surface area (TPSA) is 96.3 Å². The molecule has 0 aliphatic carbocycles. The second kappa shape index (κ2) is 8.64. The highest BCUT2D eigenvalue weighted by Crippen LogP contribution is 2.40. The van der Waals surface area contributed by atoms with Crippen molar-refractivity contribution in [2.24, 2.45) is 0 Å². The van der Waals surface area contributed by atoms with Crippen molar-refractivity contribution in [3.05, 3.63) is 59.2 Å². The van der Waals surface area contributed by atoms with Crippen molar-refractivity contribution in [3.8, 4) is 17.5 Å². The maximum atomic E-state index is 12.1. The largest absolute Gasteiger partial charge is 0.492 e. The Hall–Kier alpha value is -3.37. The zero-order valence-electron chi connectivity index (χ0n) is 17.5. The third-order valence-corrected chi connectivity index (χ3v) is 6.58. The lowest BCUT2D eigenvalue weighted by Gasteiger charge is -2.38. The Labute approximate surface area is 188 Å². The number of thiazole rings is 1. The van der Waals surface area contributed by atoms with E-state index in [-0.39, 0.29) is 18.0 Å². The number of carbonyl (C=O) groups excluding carboxylic acids is 1. The second-order valence-corrected chi connectivity index (χ2v) is 8.44. The monoisotopic (exact) mass is 453 g/mol. The molecule has 32 heavy (non-hydrogen) atoms. The number of piperazine rings is 1. The molecule has 1 amide bonds. The van der Waals surface area contributed by atoms with Crippen LogP contribution in [-0.2, 0) is 4.74 Å². The highest BCUT2D eigenvalue weighted by Gasteiger charge is 2.33. The van der Waals surface area contributed by atoms with Crippen molar-refractivity contribution in [1.82, 2.24) is 24.4 Å². The minimum atomic E-state index is -0.282. The van der Waals surface area contributed by atoms with Crippen LogP contribution in [0.3, 0.4) is 0 Å². The van der Waals surface area contributed by atoms with Crippen LogP contribution < -0.4 is 0 Å². The van der Waals surface area contributed by atoms with Crippen molar-refractivity contribution >= 4 is 22.4 Å². The lowest BCUT2D eigenvalue weighted by atomic mass is 10.0. The number of carbonyl (C=O) groups is 1. The molecule has 3 aromatic heterocycles. The molecule has 0 saturated carbocycles. The predicted octanol–water partition coefficient (Wildman–Crippen LogP) is 3.62. The van der Waals surface area contributed by atoms with Gasteiger partial charge in [-0.3, -0.25) is 4.90 Å². The summed E-state index contributed by atoms with van der Waals surface area (Å²) in [6.07, 6.45) is 1.28. The zero-order valence-corrected chi connectivity index (χ0v) is 18.4. The van der Waals surface area contributed by atoms with E-state index < -0.39 is 0 Å². The summed E-state index contributed by atoms with van der Waals surface area (Å²) >= 11 is 1.40. The van der Waals surface area contributed by atoms with E-state index >= 15 is 0 Å². The number of hydrogen-bond donors (Lipinski definition) is 1. The average Bonchev–Trinajstić information content (AvgIpc) is 3.54. The van der Waals surface area contributed by atoms with Crippen molar-refractivity contribution in [1.29, 1.82) is 0 Å². The molecule has 4 heterocycles. The van der Waals surface area contributed by atoms with Crippen LogP contribution in [0, 0.1) is 0 Å². The highest BCUT2D eigenvalue weighted by atomic mass is 32.1. The zero-order chi connectivity index (χ0) is 22.1. The lowest BCUT2D eigenvalue weighted by molar-refractivity contribution is 0.0715. The minimum absolute atomic E-state index is 0.0666. The number of aromatic hydroxyl groups is 1. The van der Waals surface area contributed by atoms with Crippen LogP contribution in [0.25, 0.3) is 16.5 Å². The first-order chi connectivity index (χ1) is 15.7. The Morgan fingerprint density at radius 1 is 1.19 bits per heavy atom. The predicted molar refractivity (Wildman–Crippen MR) is 119 cm³/mol. The molecule has 1 fully saturated rings. The molecule has 166 valence electrons. The van der Waals surface area contributed by atoms with E-state index in [2.05, 4.69) is 15.0 Å². The van der Waals surface area contributed by atoms with Crippen LogP contribution in [0.2, 0.25) is 0 Å². The molecule has 4 aromatic rings. The molecule has 0 radical (unpaired) electrons. The van der Waals surface area contributed by atoms with Gasteiger partial charge in [0.05, 0.1) is 23.8 Å². The van der Waals surface area contributed by atoms with E-state index in [9.17, 15) is 9.90 Å². The van der Waals surface area contributed by atoms with Gasteiger partial charge in [-0.25, -0.2) is 4.79 Å². The maximum Gasteiger partial charge on any atom is 0.409 e. The van der Waals surface area contributed by atoms with Crippen LogP contribution in [0.4, 0.5) is 4.79 Å². The SMILES string of the molecule is CCOC(=O)N1CCN([C@H](c2ccccc2)c2sc3nc(-c4ccco4)nn3c2O)CC1. The van der Waals surface area contributed by atoms with Gasteiger partial charge in [0.25, 0.3) is 0 Å². The Morgan fingerprint density at radius 2 is 1.97 bits per heavy atom. The first kappa shape index (κ1) is 20.5. The molecule has 10 heteroatoms. The Morgan fingerprint density at radius 3 is 2.62 bits per heavy atom. The van der Waals surface area contributed by atoms with Gasteiger partial charge in [-0.2, -0.15) is 9.50 Å². The average molecular weight is 454 g/mol. The molecule has 5 rings (SSSR count). The third kappa shape index (κ3) is 3.71. The van der Waals surface area contributed by atoms with Gasteiger partial charge in [0.1, 0.15) is 0 Å². The first-order valence-electron chi connectivity index (χ1n) is 10.5. The molecule has 0 unspecified atom stereocenters. The second-order valence-electron chi connectivity index (χ2n) is 7.43. The third-order valence-electron chi connectivity index (χ3n) is 5.51. The van der Waals surface area contributed by atoms with Crippen LogP contribution in [-0.4, -0.2) is 68.4 Å². The summed E-state index contributed by atoms with van der Waals surface area (Å²) < 4.78 is 12.0. The lowest BCUT2D eigenvalue weighted by Crippen LogP contribution is -2.49. The van der Waals surface area contributed by atoms with E-state index in [4.69, 9.17) is 9.15 Å². The molecule has 1 atom stereocenters. The number of amides is 1. The Bertz CT molecular complexity index is 1200. The van der Waals surface area contributed by atoms with E-state index in [1.807, 2.05) is 30.3 Å². The van der Waals surface area contributed by atoms with Gasteiger partial charge in [-0.05, 0) is 24.6 Å². The smallest absolute Gasteiger partial charge is 0.409 e. The summed E-state index contributed by atoms with van der Waals surface area (Å²) in [5.74, 6) is 1.05. The Balaban J connectivity index is 1.47. The molecule has 1 saturated heterocycles. The number of hydrogen-bond acceptors (Lipinski definition) is 8. The van der Waals surface area contributed by atoms with Crippen LogP contribution in [0.1, 0.15) is 23.4 Å². The summed E-state index contributed by atoms with van der Waals surface area (Å²) in [6, 6.07) is 13.4. The number of nitrogens with zero attached hydrogens (tertiary/aromatic N) is 5. The fraction of sp³-hybridized carbons (Fsp3) is 0.318. The van der Waals surface area contributed by atoms with E-state index in [0.717, 1.165) is 10.4 Å². The van der Waals surface area contributed by atoms with Crippen molar-refractivity contribution in [2.75, 3.05) is 32.8 Å².